The molecular formula is C13H14F3NO3. The first-order valence-corrected chi connectivity index (χ1v) is 5.83. The standard InChI is InChI=1S/C13H14F3NO3/c1-8-3-2-4-9(5-8)10(6-11(18)19)7-17-12(20)13(14,15)16/h2-5,10H,6-7H2,1H3,(H,17,20)(H,18,19). The number of amides is 1. The third kappa shape index (κ3) is 4.91. The van der Waals surface area contributed by atoms with Crippen molar-refractivity contribution >= 4 is 11.9 Å². The molecule has 1 rings (SSSR count). The predicted octanol–water partition coefficient (Wildman–Crippen LogP) is 2.23. The Morgan fingerprint density at radius 3 is 2.50 bits per heavy atom. The van der Waals surface area contributed by atoms with Gasteiger partial charge in [0.05, 0.1) is 6.42 Å². The van der Waals surface area contributed by atoms with Gasteiger partial charge < -0.3 is 10.4 Å². The average molecular weight is 289 g/mol. The number of carboxylic acids is 1. The van der Waals surface area contributed by atoms with Crippen LogP contribution in [-0.4, -0.2) is 29.7 Å². The van der Waals surface area contributed by atoms with E-state index in [2.05, 4.69) is 0 Å². The second-order valence-electron chi connectivity index (χ2n) is 4.42. The van der Waals surface area contributed by atoms with Crippen LogP contribution >= 0.6 is 0 Å². The van der Waals surface area contributed by atoms with Crippen LogP contribution in [0.25, 0.3) is 0 Å². The maximum absolute atomic E-state index is 12.1. The molecule has 4 nitrogen and oxygen atoms in total. The van der Waals surface area contributed by atoms with Gasteiger partial charge in [-0.05, 0) is 12.5 Å². The summed E-state index contributed by atoms with van der Waals surface area (Å²) in [6, 6.07) is 6.79. The Bertz CT molecular complexity index is 500. The van der Waals surface area contributed by atoms with E-state index in [1.165, 1.54) is 0 Å². The smallest absolute Gasteiger partial charge is 0.471 e. The monoisotopic (exact) mass is 289 g/mol. The molecule has 1 atom stereocenters. The lowest BCUT2D eigenvalue weighted by atomic mass is 9.94. The molecule has 110 valence electrons. The Balaban J connectivity index is 2.80. The summed E-state index contributed by atoms with van der Waals surface area (Å²) in [5.41, 5.74) is 1.44. The van der Waals surface area contributed by atoms with E-state index in [0.29, 0.717) is 5.56 Å². The zero-order chi connectivity index (χ0) is 15.3. The van der Waals surface area contributed by atoms with E-state index in [4.69, 9.17) is 5.11 Å². The SMILES string of the molecule is Cc1cccc(C(CNC(=O)C(F)(F)F)CC(=O)O)c1. The zero-order valence-corrected chi connectivity index (χ0v) is 10.7. The van der Waals surface area contributed by atoms with Crippen molar-refractivity contribution in [2.24, 2.45) is 0 Å². The molecule has 1 unspecified atom stereocenters. The molecule has 2 N–H and O–H groups in total. The minimum atomic E-state index is -4.97. The van der Waals surface area contributed by atoms with Gasteiger partial charge >= 0.3 is 18.1 Å². The Morgan fingerprint density at radius 2 is 2.00 bits per heavy atom. The molecule has 7 heteroatoms. The Kier molecular flexibility index (Phi) is 5.12. The summed E-state index contributed by atoms with van der Waals surface area (Å²) in [6.45, 7) is 1.41. The molecule has 1 aromatic rings. The number of hydrogen-bond donors (Lipinski definition) is 2. The predicted molar refractivity (Wildman–Crippen MR) is 65.2 cm³/mol. The lowest BCUT2D eigenvalue weighted by molar-refractivity contribution is -0.173. The fourth-order valence-electron chi connectivity index (χ4n) is 1.76. The highest BCUT2D eigenvalue weighted by molar-refractivity contribution is 5.81. The summed E-state index contributed by atoms with van der Waals surface area (Å²) in [6.07, 6.45) is -5.33. The fraction of sp³-hybridized carbons (Fsp3) is 0.385. The number of hydrogen-bond acceptors (Lipinski definition) is 2. The molecule has 0 fully saturated rings. The number of rotatable bonds is 5. The molecule has 0 bridgehead atoms. The maximum Gasteiger partial charge on any atom is 0.471 e. The lowest BCUT2D eigenvalue weighted by Crippen LogP contribution is -2.39. The van der Waals surface area contributed by atoms with Crippen molar-refractivity contribution in [2.75, 3.05) is 6.54 Å². The molecule has 1 amide bonds. The van der Waals surface area contributed by atoms with E-state index in [9.17, 15) is 22.8 Å². The van der Waals surface area contributed by atoms with Gasteiger partial charge in [-0.2, -0.15) is 13.2 Å². The highest BCUT2D eigenvalue weighted by Gasteiger charge is 2.38. The van der Waals surface area contributed by atoms with Crippen LogP contribution in [-0.2, 0) is 9.59 Å². The molecular weight excluding hydrogens is 275 g/mol. The van der Waals surface area contributed by atoms with Gasteiger partial charge in [-0.1, -0.05) is 29.8 Å². The van der Waals surface area contributed by atoms with E-state index in [1.807, 2.05) is 0 Å². The first-order chi connectivity index (χ1) is 9.20. The van der Waals surface area contributed by atoms with Gasteiger partial charge in [-0.3, -0.25) is 9.59 Å². The van der Waals surface area contributed by atoms with Crippen LogP contribution in [0, 0.1) is 6.92 Å². The quantitative estimate of drug-likeness (QED) is 0.873. The molecule has 0 aliphatic rings. The summed E-state index contributed by atoms with van der Waals surface area (Å²) >= 11 is 0. The molecule has 0 aromatic heterocycles. The molecule has 0 radical (unpaired) electrons. The molecule has 0 saturated carbocycles. The van der Waals surface area contributed by atoms with Gasteiger partial charge in [0, 0.05) is 12.5 Å². The van der Waals surface area contributed by atoms with Gasteiger partial charge in [-0.15, -0.1) is 0 Å². The largest absolute Gasteiger partial charge is 0.481 e. The van der Waals surface area contributed by atoms with Crippen LogP contribution in [0.4, 0.5) is 13.2 Å². The van der Waals surface area contributed by atoms with Gasteiger partial charge in [0.1, 0.15) is 0 Å². The number of halogens is 3. The van der Waals surface area contributed by atoms with Gasteiger partial charge in [0.2, 0.25) is 0 Å². The van der Waals surface area contributed by atoms with E-state index in [-0.39, 0.29) is 13.0 Å². The summed E-state index contributed by atoms with van der Waals surface area (Å²) < 4.78 is 36.3. The van der Waals surface area contributed by atoms with Gasteiger partial charge in [0.25, 0.3) is 0 Å². The van der Waals surface area contributed by atoms with E-state index >= 15 is 0 Å². The molecule has 0 heterocycles. The number of carbonyl (C=O) groups is 2. The summed E-state index contributed by atoms with van der Waals surface area (Å²) in [5, 5.41) is 10.5. The van der Waals surface area contributed by atoms with Crippen molar-refractivity contribution in [3.05, 3.63) is 35.4 Å². The minimum Gasteiger partial charge on any atom is -0.481 e. The van der Waals surface area contributed by atoms with Crippen molar-refractivity contribution < 1.29 is 27.9 Å². The second-order valence-corrected chi connectivity index (χ2v) is 4.42. The molecule has 0 saturated heterocycles. The summed E-state index contributed by atoms with van der Waals surface area (Å²) in [7, 11) is 0. The van der Waals surface area contributed by atoms with Gasteiger partial charge in [0.15, 0.2) is 0 Å². The number of benzene rings is 1. The Labute approximate surface area is 113 Å². The van der Waals surface area contributed by atoms with Crippen molar-refractivity contribution in [1.82, 2.24) is 5.32 Å². The maximum atomic E-state index is 12.1. The number of carbonyl (C=O) groups excluding carboxylic acids is 1. The van der Waals surface area contributed by atoms with Crippen LogP contribution in [0.2, 0.25) is 0 Å². The highest BCUT2D eigenvalue weighted by atomic mass is 19.4. The molecule has 0 spiro atoms. The lowest BCUT2D eigenvalue weighted by Gasteiger charge is -2.17. The van der Waals surface area contributed by atoms with Crippen LogP contribution in [0.3, 0.4) is 0 Å². The van der Waals surface area contributed by atoms with Crippen LogP contribution < -0.4 is 5.32 Å². The van der Waals surface area contributed by atoms with Crippen LogP contribution in [0.15, 0.2) is 24.3 Å². The zero-order valence-electron chi connectivity index (χ0n) is 10.7. The summed E-state index contributed by atoms with van der Waals surface area (Å²) in [5.74, 6) is -3.92. The van der Waals surface area contributed by atoms with Crippen molar-refractivity contribution in [3.63, 3.8) is 0 Å². The van der Waals surface area contributed by atoms with E-state index in [0.717, 1.165) is 5.56 Å². The number of aryl methyl sites for hydroxylation is 1. The normalized spacial score (nSPS) is 12.8. The molecule has 0 aliphatic carbocycles. The minimum absolute atomic E-state index is 0.360. The first kappa shape index (κ1) is 16.0. The molecule has 0 aliphatic heterocycles. The number of nitrogens with one attached hydrogen (secondary N) is 1. The van der Waals surface area contributed by atoms with E-state index in [1.54, 1.807) is 36.5 Å². The van der Waals surface area contributed by atoms with Crippen molar-refractivity contribution in [1.29, 1.82) is 0 Å². The third-order valence-electron chi connectivity index (χ3n) is 2.70. The fourth-order valence-corrected chi connectivity index (χ4v) is 1.76. The third-order valence-corrected chi connectivity index (χ3v) is 2.70. The molecule has 20 heavy (non-hydrogen) atoms. The van der Waals surface area contributed by atoms with Crippen LogP contribution in [0.1, 0.15) is 23.5 Å². The topological polar surface area (TPSA) is 66.4 Å². The van der Waals surface area contributed by atoms with Crippen molar-refractivity contribution in [3.8, 4) is 0 Å². The second kappa shape index (κ2) is 6.40. The summed E-state index contributed by atoms with van der Waals surface area (Å²) in [4.78, 5) is 21.5. The Hall–Kier alpha value is -2.05. The Morgan fingerprint density at radius 1 is 1.35 bits per heavy atom. The number of alkyl halides is 3. The molecule has 1 aromatic carbocycles. The number of aliphatic carboxylic acids is 1. The van der Waals surface area contributed by atoms with Crippen molar-refractivity contribution in [2.45, 2.75) is 25.4 Å². The first-order valence-electron chi connectivity index (χ1n) is 5.83. The average Bonchev–Trinajstić information content (AvgIpc) is 2.32. The van der Waals surface area contributed by atoms with Gasteiger partial charge in [-0.25, -0.2) is 0 Å². The number of carboxylic acid groups (broad SMARTS) is 1. The van der Waals surface area contributed by atoms with E-state index < -0.39 is 24.0 Å². The van der Waals surface area contributed by atoms with Crippen LogP contribution in [0.5, 0.6) is 0 Å². The highest BCUT2D eigenvalue weighted by Crippen LogP contribution is 2.21.